The van der Waals surface area contributed by atoms with Crippen LogP contribution in [0.25, 0.3) is 0 Å². The maximum atomic E-state index is 12.1. The number of hydrogen-bond donors (Lipinski definition) is 0. The van der Waals surface area contributed by atoms with Crippen molar-refractivity contribution in [3.8, 4) is 0 Å². The summed E-state index contributed by atoms with van der Waals surface area (Å²) in [5.74, 6) is 0.590. The molecule has 0 N–H and O–H groups in total. The normalized spacial score (nSPS) is 15.0. The molecule has 106 valence electrons. The van der Waals surface area contributed by atoms with Gasteiger partial charge in [0.2, 0.25) is 5.91 Å². The number of amides is 1. The second-order valence-electron chi connectivity index (χ2n) is 5.68. The van der Waals surface area contributed by atoms with Gasteiger partial charge in [-0.05, 0) is 46.5 Å². The summed E-state index contributed by atoms with van der Waals surface area (Å²) in [5.41, 5.74) is 2.72. The Morgan fingerprint density at radius 1 is 1.21 bits per heavy atom. The van der Waals surface area contributed by atoms with Crippen LogP contribution in [0, 0.1) is 5.92 Å². The molecule has 1 fully saturated rings. The summed E-state index contributed by atoms with van der Waals surface area (Å²) < 4.78 is 0. The van der Waals surface area contributed by atoms with Crippen molar-refractivity contribution in [2.24, 2.45) is 5.92 Å². The van der Waals surface area contributed by atoms with Crippen LogP contribution in [0.15, 0.2) is 36.0 Å². The van der Waals surface area contributed by atoms with Crippen molar-refractivity contribution in [3.05, 3.63) is 36.0 Å². The van der Waals surface area contributed by atoms with E-state index in [2.05, 4.69) is 39.5 Å². The highest BCUT2D eigenvalue weighted by atomic mass is 16.2. The number of carbonyl (C=O) groups is 1. The molecular weight excluding hydrogens is 234 g/mol. The van der Waals surface area contributed by atoms with E-state index in [0.29, 0.717) is 18.4 Å². The molecule has 1 saturated carbocycles. The average Bonchev–Trinajstić information content (AvgIpc) is 3.17. The van der Waals surface area contributed by atoms with Crippen LogP contribution in [-0.4, -0.2) is 23.9 Å². The first-order chi connectivity index (χ1) is 9.04. The molecule has 0 spiro atoms. The van der Waals surface area contributed by atoms with Gasteiger partial charge in [-0.3, -0.25) is 4.79 Å². The lowest BCUT2D eigenvalue weighted by Crippen LogP contribution is -2.32. The molecule has 0 radical (unpaired) electrons. The predicted octanol–water partition coefficient (Wildman–Crippen LogP) is 4.10. The van der Waals surface area contributed by atoms with Gasteiger partial charge >= 0.3 is 0 Å². The van der Waals surface area contributed by atoms with Crippen molar-refractivity contribution in [1.29, 1.82) is 0 Å². The Morgan fingerprint density at radius 2 is 1.89 bits per heavy atom. The Morgan fingerprint density at radius 3 is 2.42 bits per heavy atom. The smallest absolute Gasteiger partial charge is 0.226 e. The van der Waals surface area contributed by atoms with Crippen molar-refractivity contribution >= 4 is 5.91 Å². The fourth-order valence-corrected chi connectivity index (χ4v) is 1.96. The lowest BCUT2D eigenvalue weighted by Gasteiger charge is -2.19. The van der Waals surface area contributed by atoms with E-state index in [1.807, 2.05) is 11.0 Å². The number of allylic oxidation sites excluding steroid dienone is 3. The van der Waals surface area contributed by atoms with E-state index in [1.54, 1.807) is 0 Å². The zero-order valence-corrected chi connectivity index (χ0v) is 12.6. The Kier molecular flexibility index (Phi) is 6.61. The van der Waals surface area contributed by atoms with Crippen LogP contribution in [0.5, 0.6) is 0 Å². The fourth-order valence-electron chi connectivity index (χ4n) is 1.96. The quantitative estimate of drug-likeness (QED) is 0.602. The van der Waals surface area contributed by atoms with Crippen molar-refractivity contribution in [3.63, 3.8) is 0 Å². The monoisotopic (exact) mass is 261 g/mol. The molecule has 2 heteroatoms. The van der Waals surface area contributed by atoms with Gasteiger partial charge in [0.15, 0.2) is 0 Å². The summed E-state index contributed by atoms with van der Waals surface area (Å²) >= 11 is 0. The van der Waals surface area contributed by atoms with Crippen molar-refractivity contribution in [2.45, 2.75) is 46.5 Å². The van der Waals surface area contributed by atoms with Crippen LogP contribution in [-0.2, 0) is 4.79 Å². The predicted molar refractivity (Wildman–Crippen MR) is 81.9 cm³/mol. The summed E-state index contributed by atoms with van der Waals surface area (Å²) in [6.45, 7) is 11.5. The molecule has 0 aromatic rings. The Bertz CT molecular complexity index is 371. The molecular formula is C17H27NO. The SMILES string of the molecule is C=CCN(CC=C(C)CCC=C(C)C)C(=O)C1CC1. The number of hydrogen-bond acceptors (Lipinski definition) is 1. The number of carbonyl (C=O) groups excluding carboxylic acids is 1. The number of nitrogens with zero attached hydrogens (tertiary/aromatic N) is 1. The molecule has 1 amide bonds. The minimum Gasteiger partial charge on any atom is -0.335 e. The van der Waals surface area contributed by atoms with E-state index in [-0.39, 0.29) is 0 Å². The fraction of sp³-hybridized carbons (Fsp3) is 0.588. The maximum Gasteiger partial charge on any atom is 0.226 e. The molecule has 0 heterocycles. The Hall–Kier alpha value is -1.31. The molecule has 0 unspecified atom stereocenters. The van der Waals surface area contributed by atoms with Crippen LogP contribution >= 0.6 is 0 Å². The summed E-state index contributed by atoms with van der Waals surface area (Å²) in [6.07, 6.45) is 10.5. The van der Waals surface area contributed by atoms with E-state index >= 15 is 0 Å². The first-order valence-electron chi connectivity index (χ1n) is 7.23. The van der Waals surface area contributed by atoms with Gasteiger partial charge in [-0.25, -0.2) is 0 Å². The zero-order valence-electron chi connectivity index (χ0n) is 12.6. The first-order valence-corrected chi connectivity index (χ1v) is 7.23. The minimum absolute atomic E-state index is 0.291. The summed E-state index contributed by atoms with van der Waals surface area (Å²) in [5, 5.41) is 0. The van der Waals surface area contributed by atoms with Crippen LogP contribution in [0.3, 0.4) is 0 Å². The van der Waals surface area contributed by atoms with E-state index in [1.165, 1.54) is 11.1 Å². The van der Waals surface area contributed by atoms with E-state index in [0.717, 1.165) is 32.2 Å². The molecule has 0 aliphatic heterocycles. The van der Waals surface area contributed by atoms with Crippen LogP contribution in [0.2, 0.25) is 0 Å². The van der Waals surface area contributed by atoms with E-state index in [9.17, 15) is 4.79 Å². The lowest BCUT2D eigenvalue weighted by atomic mass is 10.1. The van der Waals surface area contributed by atoms with Crippen LogP contribution in [0.4, 0.5) is 0 Å². The number of rotatable bonds is 8. The van der Waals surface area contributed by atoms with Gasteiger partial charge in [-0.2, -0.15) is 0 Å². The minimum atomic E-state index is 0.291. The van der Waals surface area contributed by atoms with Crippen LogP contribution < -0.4 is 0 Å². The maximum absolute atomic E-state index is 12.1. The third-order valence-electron chi connectivity index (χ3n) is 3.34. The van der Waals surface area contributed by atoms with Gasteiger partial charge in [0.05, 0.1) is 0 Å². The van der Waals surface area contributed by atoms with E-state index in [4.69, 9.17) is 0 Å². The molecule has 2 nitrogen and oxygen atoms in total. The Balaban J connectivity index is 2.42. The van der Waals surface area contributed by atoms with Crippen molar-refractivity contribution in [2.75, 3.05) is 13.1 Å². The van der Waals surface area contributed by atoms with Crippen LogP contribution in [0.1, 0.15) is 46.5 Å². The molecule has 0 aromatic carbocycles. The molecule has 1 aliphatic carbocycles. The van der Waals surface area contributed by atoms with Gasteiger partial charge in [-0.1, -0.05) is 29.4 Å². The molecule has 0 saturated heterocycles. The lowest BCUT2D eigenvalue weighted by molar-refractivity contribution is -0.131. The Labute approximate surface area is 117 Å². The molecule has 19 heavy (non-hydrogen) atoms. The summed E-state index contributed by atoms with van der Waals surface area (Å²) in [6, 6.07) is 0. The van der Waals surface area contributed by atoms with Gasteiger partial charge < -0.3 is 4.90 Å². The van der Waals surface area contributed by atoms with Gasteiger partial charge in [0.1, 0.15) is 0 Å². The molecule has 0 bridgehead atoms. The summed E-state index contributed by atoms with van der Waals surface area (Å²) in [7, 11) is 0. The van der Waals surface area contributed by atoms with Gasteiger partial charge in [0, 0.05) is 19.0 Å². The molecule has 0 atom stereocenters. The second kappa shape index (κ2) is 7.98. The average molecular weight is 261 g/mol. The van der Waals surface area contributed by atoms with Gasteiger partial charge in [-0.15, -0.1) is 6.58 Å². The molecule has 0 aromatic heterocycles. The topological polar surface area (TPSA) is 20.3 Å². The third kappa shape index (κ3) is 6.42. The molecule has 1 rings (SSSR count). The highest BCUT2D eigenvalue weighted by Gasteiger charge is 2.32. The summed E-state index contributed by atoms with van der Waals surface area (Å²) in [4.78, 5) is 14.0. The largest absolute Gasteiger partial charge is 0.335 e. The zero-order chi connectivity index (χ0) is 14.3. The highest BCUT2D eigenvalue weighted by Crippen LogP contribution is 2.31. The van der Waals surface area contributed by atoms with Gasteiger partial charge in [0.25, 0.3) is 0 Å². The third-order valence-corrected chi connectivity index (χ3v) is 3.34. The second-order valence-corrected chi connectivity index (χ2v) is 5.68. The first kappa shape index (κ1) is 15.7. The van der Waals surface area contributed by atoms with Crippen molar-refractivity contribution < 1.29 is 4.79 Å². The molecule has 1 aliphatic rings. The van der Waals surface area contributed by atoms with E-state index < -0.39 is 0 Å². The standard InChI is InChI=1S/C17H27NO/c1-5-12-18(17(19)16-9-10-16)13-11-15(4)8-6-7-14(2)3/h5,7,11,16H,1,6,8-10,12-13H2,2-4H3. The highest BCUT2D eigenvalue weighted by molar-refractivity contribution is 5.81. The van der Waals surface area contributed by atoms with Crippen molar-refractivity contribution in [1.82, 2.24) is 4.90 Å².